The maximum Gasteiger partial charge on any atom is 0.225 e. The van der Waals surface area contributed by atoms with Crippen molar-refractivity contribution in [3.63, 3.8) is 0 Å². The van der Waals surface area contributed by atoms with Crippen LogP contribution in [0.5, 0.6) is 5.75 Å². The highest BCUT2D eigenvalue weighted by Crippen LogP contribution is 2.17. The fourth-order valence-corrected chi connectivity index (χ4v) is 1.61. The zero-order valence-electron chi connectivity index (χ0n) is 12.6. The first-order valence-electron chi connectivity index (χ1n) is 6.74. The van der Waals surface area contributed by atoms with Crippen molar-refractivity contribution in [3.05, 3.63) is 29.6 Å². The first-order valence-corrected chi connectivity index (χ1v) is 6.74. The molecule has 1 aromatic carbocycles. The van der Waals surface area contributed by atoms with Gasteiger partial charge < -0.3 is 15.0 Å². The van der Waals surface area contributed by atoms with Crippen LogP contribution in [0.2, 0.25) is 0 Å². The number of benzene rings is 1. The zero-order valence-corrected chi connectivity index (χ0v) is 12.6. The van der Waals surface area contributed by atoms with Gasteiger partial charge in [-0.15, -0.1) is 0 Å². The van der Waals surface area contributed by atoms with E-state index in [1.54, 1.807) is 20.2 Å². The lowest BCUT2D eigenvalue weighted by Crippen LogP contribution is -2.23. The van der Waals surface area contributed by atoms with Gasteiger partial charge in [-0.2, -0.15) is 0 Å². The molecule has 20 heavy (non-hydrogen) atoms. The van der Waals surface area contributed by atoms with Crippen LogP contribution in [0.15, 0.2) is 18.2 Å². The van der Waals surface area contributed by atoms with E-state index in [1.165, 1.54) is 17.0 Å². The molecule has 1 N–H and O–H groups in total. The Morgan fingerprint density at radius 3 is 2.65 bits per heavy atom. The largest absolute Gasteiger partial charge is 0.493 e. The van der Waals surface area contributed by atoms with E-state index < -0.39 is 0 Å². The normalized spacial score (nSPS) is 10.7. The second-order valence-corrected chi connectivity index (χ2v) is 5.22. The van der Waals surface area contributed by atoms with Crippen LogP contribution in [0.3, 0.4) is 0 Å². The van der Waals surface area contributed by atoms with Crippen LogP contribution < -0.4 is 10.1 Å². The van der Waals surface area contributed by atoms with E-state index in [0.29, 0.717) is 18.3 Å². The standard InChI is InChI=1S/C15H23FN2O2/c1-11(2)17-10-12-7-13(16)9-14(8-12)20-6-5-15(19)18(3)4/h7-9,11,17H,5-6,10H2,1-4H3. The Kier molecular flexibility index (Phi) is 6.45. The summed E-state index contributed by atoms with van der Waals surface area (Å²) in [5, 5.41) is 3.22. The smallest absolute Gasteiger partial charge is 0.225 e. The molecule has 112 valence electrons. The van der Waals surface area contributed by atoms with Crippen molar-refractivity contribution in [2.45, 2.75) is 32.9 Å². The predicted octanol–water partition coefficient (Wildman–Crippen LogP) is 2.18. The van der Waals surface area contributed by atoms with Gasteiger partial charge in [0.05, 0.1) is 13.0 Å². The third-order valence-corrected chi connectivity index (χ3v) is 2.73. The van der Waals surface area contributed by atoms with E-state index in [4.69, 9.17) is 4.74 Å². The van der Waals surface area contributed by atoms with Gasteiger partial charge in [-0.3, -0.25) is 4.79 Å². The summed E-state index contributed by atoms with van der Waals surface area (Å²) in [6, 6.07) is 4.94. The highest BCUT2D eigenvalue weighted by molar-refractivity contribution is 5.75. The van der Waals surface area contributed by atoms with Crippen LogP contribution in [0, 0.1) is 5.82 Å². The third-order valence-electron chi connectivity index (χ3n) is 2.73. The minimum absolute atomic E-state index is 0.0110. The molecule has 0 saturated heterocycles. The minimum Gasteiger partial charge on any atom is -0.493 e. The predicted molar refractivity (Wildman–Crippen MR) is 77.2 cm³/mol. The minimum atomic E-state index is -0.331. The van der Waals surface area contributed by atoms with E-state index in [0.717, 1.165) is 5.56 Å². The molecule has 1 amide bonds. The molecular formula is C15H23FN2O2. The second kappa shape index (κ2) is 7.85. The monoisotopic (exact) mass is 282 g/mol. The van der Waals surface area contributed by atoms with Crippen molar-refractivity contribution < 1.29 is 13.9 Å². The number of hydrogen-bond donors (Lipinski definition) is 1. The number of hydrogen-bond acceptors (Lipinski definition) is 3. The molecule has 0 aliphatic rings. The Morgan fingerprint density at radius 1 is 1.35 bits per heavy atom. The van der Waals surface area contributed by atoms with Gasteiger partial charge in [0.2, 0.25) is 5.91 Å². The number of nitrogens with zero attached hydrogens (tertiary/aromatic N) is 1. The Hall–Kier alpha value is -1.62. The van der Waals surface area contributed by atoms with E-state index >= 15 is 0 Å². The molecule has 0 saturated carbocycles. The molecule has 0 atom stereocenters. The lowest BCUT2D eigenvalue weighted by atomic mass is 10.2. The average molecular weight is 282 g/mol. The summed E-state index contributed by atoms with van der Waals surface area (Å²) >= 11 is 0. The Morgan fingerprint density at radius 2 is 2.05 bits per heavy atom. The van der Waals surface area contributed by atoms with Crippen LogP contribution >= 0.6 is 0 Å². The summed E-state index contributed by atoms with van der Waals surface area (Å²) in [4.78, 5) is 12.9. The molecule has 0 heterocycles. The summed E-state index contributed by atoms with van der Waals surface area (Å²) in [6.07, 6.45) is 0.281. The van der Waals surface area contributed by atoms with Gasteiger partial charge in [-0.05, 0) is 17.7 Å². The molecule has 5 heteroatoms. The SMILES string of the molecule is CC(C)NCc1cc(F)cc(OCCC(=O)N(C)C)c1. The van der Waals surface area contributed by atoms with E-state index in [9.17, 15) is 9.18 Å². The summed E-state index contributed by atoms with van der Waals surface area (Å²) in [7, 11) is 3.39. The molecule has 4 nitrogen and oxygen atoms in total. The second-order valence-electron chi connectivity index (χ2n) is 5.22. The maximum absolute atomic E-state index is 13.5. The van der Waals surface area contributed by atoms with Crippen molar-refractivity contribution in [2.75, 3.05) is 20.7 Å². The van der Waals surface area contributed by atoms with E-state index in [-0.39, 0.29) is 24.8 Å². The highest BCUT2D eigenvalue weighted by atomic mass is 19.1. The quantitative estimate of drug-likeness (QED) is 0.833. The molecule has 0 unspecified atom stereocenters. The lowest BCUT2D eigenvalue weighted by Gasteiger charge is -2.12. The number of carbonyl (C=O) groups is 1. The third kappa shape index (κ3) is 6.02. The van der Waals surface area contributed by atoms with Crippen molar-refractivity contribution in [1.82, 2.24) is 10.2 Å². The molecule has 0 aromatic heterocycles. The van der Waals surface area contributed by atoms with Crippen LogP contribution in [0.1, 0.15) is 25.8 Å². The van der Waals surface area contributed by atoms with Crippen LogP contribution in [-0.4, -0.2) is 37.6 Å². The van der Waals surface area contributed by atoms with Gasteiger partial charge >= 0.3 is 0 Å². The Labute approximate surface area is 119 Å². The number of carbonyl (C=O) groups excluding carboxylic acids is 1. The van der Waals surface area contributed by atoms with Crippen molar-refractivity contribution in [3.8, 4) is 5.75 Å². The number of halogens is 1. The van der Waals surface area contributed by atoms with Gasteiger partial charge in [0.25, 0.3) is 0 Å². The topological polar surface area (TPSA) is 41.6 Å². The van der Waals surface area contributed by atoms with Gasteiger partial charge in [-0.1, -0.05) is 13.8 Å². The number of amides is 1. The molecular weight excluding hydrogens is 259 g/mol. The molecule has 0 radical (unpaired) electrons. The van der Waals surface area contributed by atoms with Crippen LogP contribution in [-0.2, 0) is 11.3 Å². The average Bonchev–Trinajstić information content (AvgIpc) is 2.35. The lowest BCUT2D eigenvalue weighted by molar-refractivity contribution is -0.129. The van der Waals surface area contributed by atoms with E-state index in [2.05, 4.69) is 5.32 Å². The molecule has 1 aromatic rings. The summed E-state index contributed by atoms with van der Waals surface area (Å²) in [5.74, 6) is 0.113. The van der Waals surface area contributed by atoms with E-state index in [1.807, 2.05) is 13.8 Å². The van der Waals surface area contributed by atoms with Crippen molar-refractivity contribution >= 4 is 5.91 Å². The summed E-state index contributed by atoms with van der Waals surface area (Å²) in [5.41, 5.74) is 0.827. The van der Waals surface area contributed by atoms with Gasteiger partial charge in [0, 0.05) is 32.7 Å². The first kappa shape index (κ1) is 16.4. The molecule has 0 fully saturated rings. The molecule has 0 aliphatic carbocycles. The summed E-state index contributed by atoms with van der Waals surface area (Å²) in [6.45, 7) is 4.90. The molecule has 0 aliphatic heterocycles. The number of ether oxygens (including phenoxy) is 1. The molecule has 0 spiro atoms. The molecule has 0 bridgehead atoms. The number of rotatable bonds is 7. The fraction of sp³-hybridized carbons (Fsp3) is 0.533. The Balaban J connectivity index is 2.55. The zero-order chi connectivity index (χ0) is 15.1. The fourth-order valence-electron chi connectivity index (χ4n) is 1.61. The van der Waals surface area contributed by atoms with Gasteiger partial charge in [-0.25, -0.2) is 4.39 Å². The Bertz CT molecular complexity index is 447. The van der Waals surface area contributed by atoms with Crippen LogP contribution in [0.4, 0.5) is 4.39 Å². The summed E-state index contributed by atoms with van der Waals surface area (Å²) < 4.78 is 18.9. The maximum atomic E-state index is 13.5. The highest BCUT2D eigenvalue weighted by Gasteiger charge is 2.06. The van der Waals surface area contributed by atoms with Gasteiger partial charge in [0.15, 0.2) is 0 Å². The first-order chi connectivity index (χ1) is 9.38. The van der Waals surface area contributed by atoms with Gasteiger partial charge in [0.1, 0.15) is 11.6 Å². The number of nitrogens with one attached hydrogen (secondary N) is 1. The van der Waals surface area contributed by atoms with Crippen molar-refractivity contribution in [1.29, 1.82) is 0 Å². The van der Waals surface area contributed by atoms with Crippen molar-refractivity contribution in [2.24, 2.45) is 0 Å². The molecule has 1 rings (SSSR count). The van der Waals surface area contributed by atoms with Crippen LogP contribution in [0.25, 0.3) is 0 Å².